The first-order chi connectivity index (χ1) is 9.35. The van der Waals surface area contributed by atoms with E-state index in [4.69, 9.17) is 5.21 Å². The summed E-state index contributed by atoms with van der Waals surface area (Å²) in [4.78, 5) is 4.40. The second-order valence-electron chi connectivity index (χ2n) is 4.18. The van der Waals surface area contributed by atoms with Gasteiger partial charge in [-0.15, -0.1) is 5.10 Å². The normalized spacial score (nSPS) is 11.5. The van der Waals surface area contributed by atoms with Gasteiger partial charge in [-0.3, -0.25) is 0 Å². The summed E-state index contributed by atoms with van der Waals surface area (Å²) in [5, 5.41) is 20.3. The summed E-state index contributed by atoms with van der Waals surface area (Å²) < 4.78 is 0. The topological polar surface area (TPSA) is 71.3 Å². The SMILES string of the molecule is CCCC/C(=N\O)c1cnnc(-c2ccccc2)n1. The monoisotopic (exact) mass is 256 g/mol. The average molecular weight is 256 g/mol. The summed E-state index contributed by atoms with van der Waals surface area (Å²) in [6.07, 6.45) is 4.18. The van der Waals surface area contributed by atoms with Crippen LogP contribution in [0.1, 0.15) is 31.9 Å². The smallest absolute Gasteiger partial charge is 0.182 e. The van der Waals surface area contributed by atoms with Crippen LogP contribution in [0.4, 0.5) is 0 Å². The molecular formula is C14H16N4O. The molecule has 1 heterocycles. The number of hydrogen-bond donors (Lipinski definition) is 1. The molecule has 5 heteroatoms. The summed E-state index contributed by atoms with van der Waals surface area (Å²) in [5.74, 6) is 0.538. The first kappa shape index (κ1) is 13.1. The van der Waals surface area contributed by atoms with E-state index >= 15 is 0 Å². The zero-order valence-corrected chi connectivity index (χ0v) is 10.8. The standard InChI is InChI=1S/C14H16N4O/c1-2-3-9-12(18-19)13-10-15-17-14(16-13)11-7-5-4-6-8-11/h4-8,10,19H,2-3,9H2,1H3/b18-12+. The molecule has 2 rings (SSSR count). The second-order valence-corrected chi connectivity index (χ2v) is 4.18. The van der Waals surface area contributed by atoms with Gasteiger partial charge in [-0.05, 0) is 12.8 Å². The highest BCUT2D eigenvalue weighted by atomic mass is 16.4. The highest BCUT2D eigenvalue weighted by Crippen LogP contribution is 2.14. The largest absolute Gasteiger partial charge is 0.411 e. The number of aromatic nitrogens is 3. The molecule has 0 aliphatic rings. The molecule has 5 nitrogen and oxygen atoms in total. The summed E-state index contributed by atoms with van der Waals surface area (Å²) in [7, 11) is 0. The maximum atomic E-state index is 9.07. The Morgan fingerprint density at radius 1 is 1.26 bits per heavy atom. The number of benzene rings is 1. The van der Waals surface area contributed by atoms with Crippen molar-refractivity contribution in [2.45, 2.75) is 26.2 Å². The van der Waals surface area contributed by atoms with Crippen molar-refractivity contribution in [1.29, 1.82) is 0 Å². The lowest BCUT2D eigenvalue weighted by molar-refractivity contribution is 0.317. The summed E-state index contributed by atoms with van der Waals surface area (Å²) in [6.45, 7) is 2.09. The number of hydrogen-bond acceptors (Lipinski definition) is 5. The molecule has 1 N–H and O–H groups in total. The zero-order valence-electron chi connectivity index (χ0n) is 10.8. The van der Waals surface area contributed by atoms with Gasteiger partial charge in [0.25, 0.3) is 0 Å². The maximum absolute atomic E-state index is 9.07. The minimum Gasteiger partial charge on any atom is -0.411 e. The summed E-state index contributed by atoms with van der Waals surface area (Å²) in [6, 6.07) is 9.61. The molecule has 0 atom stereocenters. The van der Waals surface area contributed by atoms with Gasteiger partial charge in [-0.25, -0.2) is 4.98 Å². The van der Waals surface area contributed by atoms with Gasteiger partial charge in [0.2, 0.25) is 0 Å². The predicted octanol–water partition coefficient (Wildman–Crippen LogP) is 2.91. The average Bonchev–Trinajstić information content (AvgIpc) is 2.49. The molecule has 0 radical (unpaired) electrons. The summed E-state index contributed by atoms with van der Waals surface area (Å²) >= 11 is 0. The molecule has 19 heavy (non-hydrogen) atoms. The molecule has 98 valence electrons. The van der Waals surface area contributed by atoms with E-state index in [2.05, 4.69) is 27.3 Å². The molecule has 0 aliphatic heterocycles. The highest BCUT2D eigenvalue weighted by Gasteiger charge is 2.09. The predicted molar refractivity (Wildman–Crippen MR) is 73.1 cm³/mol. The van der Waals surface area contributed by atoms with E-state index in [1.807, 2.05) is 30.3 Å². The molecule has 0 saturated carbocycles. The number of unbranched alkanes of at least 4 members (excludes halogenated alkanes) is 1. The van der Waals surface area contributed by atoms with Crippen molar-refractivity contribution in [3.05, 3.63) is 42.2 Å². The van der Waals surface area contributed by atoms with Gasteiger partial charge in [-0.2, -0.15) is 5.10 Å². The Hall–Kier alpha value is -2.30. The lowest BCUT2D eigenvalue weighted by Crippen LogP contribution is -2.07. The van der Waals surface area contributed by atoms with E-state index in [1.54, 1.807) is 0 Å². The molecular weight excluding hydrogens is 240 g/mol. The quantitative estimate of drug-likeness (QED) is 0.507. The van der Waals surface area contributed by atoms with E-state index in [1.165, 1.54) is 6.20 Å². The molecule has 0 spiro atoms. The van der Waals surface area contributed by atoms with Crippen molar-refractivity contribution in [2.75, 3.05) is 0 Å². The van der Waals surface area contributed by atoms with Crippen molar-refractivity contribution < 1.29 is 5.21 Å². The van der Waals surface area contributed by atoms with Crippen molar-refractivity contribution >= 4 is 5.71 Å². The third-order valence-corrected chi connectivity index (χ3v) is 2.77. The first-order valence-electron chi connectivity index (χ1n) is 6.31. The Morgan fingerprint density at radius 2 is 2.05 bits per heavy atom. The van der Waals surface area contributed by atoms with Crippen LogP contribution < -0.4 is 0 Å². The van der Waals surface area contributed by atoms with E-state index in [-0.39, 0.29) is 0 Å². The number of nitrogens with zero attached hydrogens (tertiary/aromatic N) is 4. The molecule has 0 bridgehead atoms. The lowest BCUT2D eigenvalue weighted by Gasteiger charge is -2.04. The van der Waals surface area contributed by atoms with Crippen LogP contribution in [0, 0.1) is 0 Å². The molecule has 0 unspecified atom stereocenters. The van der Waals surface area contributed by atoms with Crippen molar-refractivity contribution in [3.8, 4) is 11.4 Å². The van der Waals surface area contributed by atoms with Crippen LogP contribution in [0.5, 0.6) is 0 Å². The highest BCUT2D eigenvalue weighted by molar-refractivity contribution is 5.98. The van der Waals surface area contributed by atoms with Gasteiger partial charge < -0.3 is 5.21 Å². The molecule has 1 aromatic carbocycles. The molecule has 0 aliphatic carbocycles. The van der Waals surface area contributed by atoms with Crippen molar-refractivity contribution in [2.24, 2.45) is 5.16 Å². The Morgan fingerprint density at radius 3 is 2.74 bits per heavy atom. The number of oxime groups is 1. The Kier molecular flexibility index (Phi) is 4.55. The van der Waals surface area contributed by atoms with Crippen LogP contribution in [0.25, 0.3) is 11.4 Å². The third kappa shape index (κ3) is 3.34. The van der Waals surface area contributed by atoms with Gasteiger partial charge in [0.1, 0.15) is 11.4 Å². The van der Waals surface area contributed by atoms with Gasteiger partial charge in [0.05, 0.1) is 6.20 Å². The summed E-state index contributed by atoms with van der Waals surface area (Å²) in [5.41, 5.74) is 2.02. The van der Waals surface area contributed by atoms with Gasteiger partial charge >= 0.3 is 0 Å². The van der Waals surface area contributed by atoms with Gasteiger partial charge in [0.15, 0.2) is 5.82 Å². The van der Waals surface area contributed by atoms with E-state index in [0.29, 0.717) is 23.7 Å². The van der Waals surface area contributed by atoms with Crippen LogP contribution in [-0.2, 0) is 0 Å². The lowest BCUT2D eigenvalue weighted by atomic mass is 10.1. The molecule has 2 aromatic rings. The third-order valence-electron chi connectivity index (χ3n) is 2.77. The Balaban J connectivity index is 2.29. The second kappa shape index (κ2) is 6.58. The molecule has 0 saturated heterocycles. The van der Waals surface area contributed by atoms with Gasteiger partial charge in [0, 0.05) is 5.56 Å². The van der Waals surface area contributed by atoms with E-state index in [0.717, 1.165) is 18.4 Å². The minimum atomic E-state index is 0.538. The molecule has 0 fully saturated rings. The van der Waals surface area contributed by atoms with Crippen LogP contribution in [0.2, 0.25) is 0 Å². The Labute approximate surface area is 112 Å². The minimum absolute atomic E-state index is 0.538. The van der Waals surface area contributed by atoms with Crippen molar-refractivity contribution in [1.82, 2.24) is 15.2 Å². The van der Waals surface area contributed by atoms with Crippen molar-refractivity contribution in [3.63, 3.8) is 0 Å². The fourth-order valence-corrected chi connectivity index (χ4v) is 1.73. The van der Waals surface area contributed by atoms with Crippen LogP contribution >= 0.6 is 0 Å². The number of rotatable bonds is 5. The molecule has 1 aromatic heterocycles. The first-order valence-corrected chi connectivity index (χ1v) is 6.31. The Bertz CT molecular complexity index is 554. The maximum Gasteiger partial charge on any atom is 0.182 e. The van der Waals surface area contributed by atoms with Crippen LogP contribution in [0.3, 0.4) is 0 Å². The van der Waals surface area contributed by atoms with Gasteiger partial charge in [-0.1, -0.05) is 48.8 Å². The van der Waals surface area contributed by atoms with Crippen LogP contribution in [0.15, 0.2) is 41.7 Å². The van der Waals surface area contributed by atoms with Crippen LogP contribution in [-0.4, -0.2) is 26.1 Å². The molecule has 0 amide bonds. The fourth-order valence-electron chi connectivity index (χ4n) is 1.73. The van der Waals surface area contributed by atoms with E-state index in [9.17, 15) is 0 Å². The zero-order chi connectivity index (χ0) is 13.5. The van der Waals surface area contributed by atoms with E-state index < -0.39 is 0 Å². The fraction of sp³-hybridized carbons (Fsp3) is 0.286.